The Bertz CT molecular complexity index is 613. The second-order valence-electron chi connectivity index (χ2n) is 4.92. The van der Waals surface area contributed by atoms with Gasteiger partial charge in [0.15, 0.2) is 11.6 Å². The van der Waals surface area contributed by atoms with E-state index in [1.807, 2.05) is 13.0 Å². The third kappa shape index (κ3) is 3.50. The molecule has 0 heterocycles. The minimum atomic E-state index is -0.362. The van der Waals surface area contributed by atoms with Gasteiger partial charge in [-0.25, -0.2) is 4.39 Å². The monoisotopic (exact) mass is 293 g/mol. The molecule has 1 atom stereocenters. The van der Waals surface area contributed by atoms with E-state index in [0.717, 1.165) is 5.56 Å². The third-order valence-electron chi connectivity index (χ3n) is 2.95. The minimum Gasteiger partial charge on any atom is -0.454 e. The highest BCUT2D eigenvalue weighted by Gasteiger charge is 2.12. The van der Waals surface area contributed by atoms with Crippen LogP contribution in [0.4, 0.5) is 4.39 Å². The minimum absolute atomic E-state index is 0.0131. The molecule has 2 rings (SSSR count). The van der Waals surface area contributed by atoms with Crippen LogP contribution in [0.3, 0.4) is 0 Å². The number of ether oxygens (including phenoxy) is 1. The molecule has 1 unspecified atom stereocenters. The van der Waals surface area contributed by atoms with E-state index in [4.69, 9.17) is 22.1 Å². The first kappa shape index (κ1) is 14.8. The van der Waals surface area contributed by atoms with Gasteiger partial charge in [-0.2, -0.15) is 0 Å². The molecule has 2 aromatic carbocycles. The summed E-state index contributed by atoms with van der Waals surface area (Å²) in [6.07, 6.45) is 0.639. The topological polar surface area (TPSA) is 35.2 Å². The summed E-state index contributed by atoms with van der Waals surface area (Å²) >= 11 is 5.99. The number of nitrogens with two attached hydrogens (primary N) is 1. The molecule has 0 saturated heterocycles. The fourth-order valence-corrected chi connectivity index (χ4v) is 2.12. The Balaban J connectivity index is 2.36. The molecule has 2 aromatic rings. The Morgan fingerprint density at radius 2 is 2.00 bits per heavy atom. The van der Waals surface area contributed by atoms with Crippen LogP contribution < -0.4 is 10.5 Å². The molecule has 20 heavy (non-hydrogen) atoms. The normalized spacial score (nSPS) is 12.2. The summed E-state index contributed by atoms with van der Waals surface area (Å²) in [7, 11) is 0. The van der Waals surface area contributed by atoms with Gasteiger partial charge in [0.05, 0.1) is 0 Å². The molecule has 0 aromatic heterocycles. The van der Waals surface area contributed by atoms with E-state index in [2.05, 4.69) is 0 Å². The van der Waals surface area contributed by atoms with Crippen LogP contribution in [0.2, 0.25) is 5.02 Å². The van der Waals surface area contributed by atoms with Gasteiger partial charge in [-0.1, -0.05) is 29.8 Å². The SMILES string of the molecule is Cc1cccc(Oc2cc(Cl)ccc2CC(C)N)c1F. The summed E-state index contributed by atoms with van der Waals surface area (Å²) in [5, 5.41) is 0.543. The summed E-state index contributed by atoms with van der Waals surface area (Å²) in [6.45, 7) is 3.61. The van der Waals surface area contributed by atoms with E-state index in [-0.39, 0.29) is 17.6 Å². The molecule has 0 spiro atoms. The van der Waals surface area contributed by atoms with E-state index in [9.17, 15) is 4.39 Å². The molecule has 0 aliphatic rings. The van der Waals surface area contributed by atoms with Gasteiger partial charge in [-0.3, -0.25) is 0 Å². The summed E-state index contributed by atoms with van der Waals surface area (Å²) in [6, 6.07) is 10.3. The van der Waals surface area contributed by atoms with Crippen molar-refractivity contribution in [2.45, 2.75) is 26.3 Å². The van der Waals surface area contributed by atoms with Crippen molar-refractivity contribution in [1.29, 1.82) is 0 Å². The van der Waals surface area contributed by atoms with Gasteiger partial charge in [0.1, 0.15) is 5.75 Å². The first-order chi connectivity index (χ1) is 9.47. The number of benzene rings is 2. The first-order valence-electron chi connectivity index (χ1n) is 6.44. The molecule has 0 aliphatic carbocycles. The Morgan fingerprint density at radius 3 is 2.70 bits per heavy atom. The van der Waals surface area contributed by atoms with Gasteiger partial charge in [-0.05, 0) is 49.6 Å². The lowest BCUT2D eigenvalue weighted by atomic mass is 10.1. The lowest BCUT2D eigenvalue weighted by Gasteiger charge is -2.14. The Kier molecular flexibility index (Phi) is 4.63. The van der Waals surface area contributed by atoms with Crippen molar-refractivity contribution in [3.8, 4) is 11.5 Å². The molecular weight excluding hydrogens is 277 g/mol. The van der Waals surface area contributed by atoms with Crippen LogP contribution in [0, 0.1) is 12.7 Å². The van der Waals surface area contributed by atoms with Crippen molar-refractivity contribution in [3.05, 3.63) is 58.4 Å². The highest BCUT2D eigenvalue weighted by Crippen LogP contribution is 2.31. The molecule has 0 bridgehead atoms. The molecular formula is C16H17ClFNO. The van der Waals surface area contributed by atoms with Crippen LogP contribution >= 0.6 is 11.6 Å². The van der Waals surface area contributed by atoms with Crippen molar-refractivity contribution in [3.63, 3.8) is 0 Å². The molecule has 0 aliphatic heterocycles. The second-order valence-corrected chi connectivity index (χ2v) is 5.36. The van der Waals surface area contributed by atoms with Gasteiger partial charge in [0, 0.05) is 11.1 Å². The Hall–Kier alpha value is -1.58. The quantitative estimate of drug-likeness (QED) is 0.902. The smallest absolute Gasteiger partial charge is 0.168 e. The Morgan fingerprint density at radius 1 is 1.25 bits per heavy atom. The van der Waals surface area contributed by atoms with Crippen molar-refractivity contribution in [2.75, 3.05) is 0 Å². The average molecular weight is 294 g/mol. The Labute approximate surface area is 123 Å². The van der Waals surface area contributed by atoms with Crippen LogP contribution in [-0.2, 0) is 6.42 Å². The summed E-state index contributed by atoms with van der Waals surface area (Å²) in [4.78, 5) is 0. The molecule has 0 fully saturated rings. The van der Waals surface area contributed by atoms with E-state index in [1.54, 1.807) is 37.3 Å². The highest BCUT2D eigenvalue weighted by atomic mass is 35.5. The molecule has 0 radical (unpaired) electrons. The van der Waals surface area contributed by atoms with Gasteiger partial charge in [0.25, 0.3) is 0 Å². The van der Waals surface area contributed by atoms with Crippen molar-refractivity contribution in [2.24, 2.45) is 5.73 Å². The predicted molar refractivity (Wildman–Crippen MR) is 80.0 cm³/mol. The highest BCUT2D eigenvalue weighted by molar-refractivity contribution is 6.30. The van der Waals surface area contributed by atoms with Crippen molar-refractivity contribution in [1.82, 2.24) is 0 Å². The van der Waals surface area contributed by atoms with Crippen LogP contribution in [0.5, 0.6) is 11.5 Å². The van der Waals surface area contributed by atoms with Gasteiger partial charge in [0.2, 0.25) is 0 Å². The number of halogens is 2. The van der Waals surface area contributed by atoms with Gasteiger partial charge >= 0.3 is 0 Å². The largest absolute Gasteiger partial charge is 0.454 e. The summed E-state index contributed by atoms with van der Waals surface area (Å²) in [5.74, 6) is 0.372. The zero-order valence-electron chi connectivity index (χ0n) is 11.5. The van der Waals surface area contributed by atoms with Crippen LogP contribution in [0.25, 0.3) is 0 Å². The van der Waals surface area contributed by atoms with E-state index < -0.39 is 0 Å². The molecule has 0 saturated carbocycles. The lowest BCUT2D eigenvalue weighted by molar-refractivity contribution is 0.434. The first-order valence-corrected chi connectivity index (χ1v) is 6.82. The van der Waals surface area contributed by atoms with Crippen LogP contribution in [-0.4, -0.2) is 6.04 Å². The fraction of sp³-hybridized carbons (Fsp3) is 0.250. The zero-order valence-corrected chi connectivity index (χ0v) is 12.2. The van der Waals surface area contributed by atoms with E-state index >= 15 is 0 Å². The van der Waals surface area contributed by atoms with Crippen molar-refractivity contribution >= 4 is 11.6 Å². The number of rotatable bonds is 4. The van der Waals surface area contributed by atoms with Gasteiger partial charge in [-0.15, -0.1) is 0 Å². The average Bonchev–Trinajstić information content (AvgIpc) is 2.38. The number of aryl methyl sites for hydroxylation is 1. The summed E-state index contributed by atoms with van der Waals surface area (Å²) in [5.41, 5.74) is 7.26. The summed E-state index contributed by atoms with van der Waals surface area (Å²) < 4.78 is 19.7. The maximum absolute atomic E-state index is 14.0. The molecule has 2 nitrogen and oxygen atoms in total. The third-order valence-corrected chi connectivity index (χ3v) is 3.18. The predicted octanol–water partition coefficient (Wildman–Crippen LogP) is 4.47. The van der Waals surface area contributed by atoms with E-state index in [1.165, 1.54) is 0 Å². The zero-order chi connectivity index (χ0) is 14.7. The molecule has 0 amide bonds. The van der Waals surface area contributed by atoms with E-state index in [0.29, 0.717) is 22.8 Å². The van der Waals surface area contributed by atoms with Crippen molar-refractivity contribution < 1.29 is 9.13 Å². The second kappa shape index (κ2) is 6.25. The fourth-order valence-electron chi connectivity index (χ4n) is 1.96. The maximum Gasteiger partial charge on any atom is 0.168 e. The maximum atomic E-state index is 14.0. The number of hydrogen-bond donors (Lipinski definition) is 1. The molecule has 2 N–H and O–H groups in total. The van der Waals surface area contributed by atoms with Gasteiger partial charge < -0.3 is 10.5 Å². The van der Waals surface area contributed by atoms with Crippen LogP contribution in [0.15, 0.2) is 36.4 Å². The van der Waals surface area contributed by atoms with Crippen LogP contribution in [0.1, 0.15) is 18.1 Å². The molecule has 4 heteroatoms. The number of hydrogen-bond acceptors (Lipinski definition) is 2. The lowest BCUT2D eigenvalue weighted by Crippen LogP contribution is -2.18. The molecule has 106 valence electrons. The standard InChI is InChI=1S/C16H17ClFNO/c1-10-4-3-5-14(16(10)18)20-15-9-13(17)7-6-12(15)8-11(2)19/h3-7,9,11H,8,19H2,1-2H3.